The van der Waals surface area contributed by atoms with Gasteiger partial charge >= 0.3 is 6.48 Å². The van der Waals surface area contributed by atoms with Crippen LogP contribution in [-0.4, -0.2) is 6.48 Å². The number of benzene rings is 1. The Hall–Kier alpha value is -2.45. The Morgan fingerprint density at radius 1 is 1.21 bits per heavy atom. The van der Waals surface area contributed by atoms with Crippen LogP contribution in [0.1, 0.15) is 0 Å². The number of nitrogens with zero attached hydrogens (tertiary/aromatic N) is 3. The molecular formula is C9H5BN3O-. The van der Waals surface area contributed by atoms with E-state index < -0.39 is 6.48 Å². The third-order valence-electron chi connectivity index (χ3n) is 1.58. The van der Waals surface area contributed by atoms with Crippen LogP contribution in [0.25, 0.3) is 4.76 Å². The lowest BCUT2D eigenvalue weighted by Gasteiger charge is -2.16. The number of hydrogen-bond donors (Lipinski definition) is 0. The molecule has 0 amide bonds. The van der Waals surface area contributed by atoms with E-state index >= 15 is 0 Å². The highest BCUT2D eigenvalue weighted by molar-refractivity contribution is 6.91. The van der Waals surface area contributed by atoms with Gasteiger partial charge in [0.25, 0.3) is 0 Å². The molecule has 66 valence electrons. The van der Waals surface area contributed by atoms with Gasteiger partial charge in [-0.1, -0.05) is 18.2 Å². The van der Waals surface area contributed by atoms with E-state index in [-0.39, 0.29) is 0 Å². The quantitative estimate of drug-likeness (QED) is 0.514. The maximum Gasteiger partial charge on any atom is 0.722 e. The molecule has 0 aliphatic heterocycles. The van der Waals surface area contributed by atoms with Crippen molar-refractivity contribution in [3.05, 3.63) is 41.7 Å². The second kappa shape index (κ2) is 3.98. The molecular weight excluding hydrogens is 177 g/mol. The van der Waals surface area contributed by atoms with Crippen LogP contribution in [0.2, 0.25) is 0 Å². The summed E-state index contributed by atoms with van der Waals surface area (Å²) in [5, 5.41) is 17.3. The van der Waals surface area contributed by atoms with Gasteiger partial charge in [-0.2, -0.15) is 0 Å². The maximum absolute atomic E-state index is 8.65. The molecule has 0 fully saturated rings. The molecule has 0 N–H and O–H groups in total. The summed E-state index contributed by atoms with van der Waals surface area (Å²) in [6.07, 6.45) is 0. The van der Waals surface area contributed by atoms with Crippen molar-refractivity contribution in [2.45, 2.75) is 0 Å². The van der Waals surface area contributed by atoms with Crippen LogP contribution >= 0.6 is 0 Å². The summed E-state index contributed by atoms with van der Waals surface area (Å²) < 4.78 is 7.96. The molecule has 14 heavy (non-hydrogen) atoms. The molecule has 1 aromatic rings. The standard InChI is InChI=1S/C9H5BN3O/c1-13-10(7-11,8-12)14-9-5-3-2-4-6-9/h2-6H/q-1. The predicted octanol–water partition coefficient (Wildman–Crippen LogP) is 1.55. The fourth-order valence-corrected chi connectivity index (χ4v) is 0.862. The third-order valence-corrected chi connectivity index (χ3v) is 1.58. The molecule has 0 heterocycles. The fourth-order valence-electron chi connectivity index (χ4n) is 0.862. The zero-order valence-corrected chi connectivity index (χ0v) is 7.21. The van der Waals surface area contributed by atoms with E-state index in [1.807, 2.05) is 0 Å². The van der Waals surface area contributed by atoms with Gasteiger partial charge in [-0.3, -0.25) is 0 Å². The van der Waals surface area contributed by atoms with Crippen molar-refractivity contribution in [3.63, 3.8) is 0 Å². The largest absolute Gasteiger partial charge is 0.722 e. The summed E-state index contributed by atoms with van der Waals surface area (Å²) in [7, 11) is 0. The molecule has 0 saturated carbocycles. The van der Waals surface area contributed by atoms with E-state index in [0.29, 0.717) is 5.75 Å². The van der Waals surface area contributed by atoms with Crippen LogP contribution in [0.15, 0.2) is 30.3 Å². The Kier molecular flexibility index (Phi) is 2.74. The molecule has 0 aliphatic carbocycles. The van der Waals surface area contributed by atoms with Gasteiger partial charge in [-0.15, -0.1) is 0 Å². The highest BCUT2D eigenvalue weighted by Gasteiger charge is 2.39. The third kappa shape index (κ3) is 1.83. The number of rotatable bonds is 2. The highest BCUT2D eigenvalue weighted by atomic mass is 16.5. The van der Waals surface area contributed by atoms with E-state index in [2.05, 4.69) is 4.76 Å². The van der Waals surface area contributed by atoms with Crippen LogP contribution in [0.3, 0.4) is 0 Å². The molecule has 0 saturated heterocycles. The van der Waals surface area contributed by atoms with E-state index in [1.54, 1.807) is 42.3 Å². The first-order chi connectivity index (χ1) is 6.76. The first-order valence-electron chi connectivity index (χ1n) is 3.86. The minimum atomic E-state index is -2.74. The van der Waals surface area contributed by atoms with E-state index in [1.165, 1.54) is 0 Å². The fraction of sp³-hybridized carbons (Fsp3) is 0. The van der Waals surface area contributed by atoms with Gasteiger partial charge in [0.05, 0.1) is 5.75 Å². The summed E-state index contributed by atoms with van der Waals surface area (Å²) in [5.74, 6) is 3.53. The monoisotopic (exact) mass is 182 g/mol. The lowest BCUT2D eigenvalue weighted by atomic mass is 9.57. The summed E-state index contributed by atoms with van der Waals surface area (Å²) >= 11 is 0. The zero-order chi connectivity index (χ0) is 10.4. The molecule has 0 spiro atoms. The van der Waals surface area contributed by atoms with Crippen molar-refractivity contribution in [2.24, 2.45) is 0 Å². The molecule has 0 atom stereocenters. The lowest BCUT2D eigenvalue weighted by molar-refractivity contribution is 0.576. The van der Waals surface area contributed by atoms with Crippen LogP contribution in [-0.2, 0) is 0 Å². The molecule has 1 aromatic carbocycles. The summed E-state index contributed by atoms with van der Waals surface area (Å²) in [6, 6.07) is 8.37. The predicted molar refractivity (Wildman–Crippen MR) is 50.7 cm³/mol. The van der Waals surface area contributed by atoms with Crippen LogP contribution in [0, 0.1) is 29.0 Å². The number of hydrogen-bond acceptors (Lipinski definition) is 3. The first-order valence-corrected chi connectivity index (χ1v) is 3.86. The van der Waals surface area contributed by atoms with E-state index in [9.17, 15) is 0 Å². The topological polar surface area (TPSA) is 61.2 Å². The first kappa shape index (κ1) is 9.64. The van der Waals surface area contributed by atoms with Crippen molar-refractivity contribution < 1.29 is 4.65 Å². The van der Waals surface area contributed by atoms with Gasteiger partial charge in [0, 0.05) is 11.9 Å². The smallest absolute Gasteiger partial charge is 0.625 e. The number of para-hydroxylation sites is 1. The van der Waals surface area contributed by atoms with Gasteiger partial charge in [0.2, 0.25) is 0 Å². The highest BCUT2D eigenvalue weighted by Crippen LogP contribution is 2.14. The lowest BCUT2D eigenvalue weighted by Crippen LogP contribution is -2.35. The Bertz CT molecular complexity index is 402. The summed E-state index contributed by atoms with van der Waals surface area (Å²) in [5.41, 5.74) is 0. The minimum Gasteiger partial charge on any atom is -0.625 e. The minimum absolute atomic E-state index is 0.353. The van der Waals surface area contributed by atoms with Crippen molar-refractivity contribution in [1.29, 1.82) is 10.5 Å². The molecule has 1 rings (SSSR count). The Morgan fingerprint density at radius 2 is 1.79 bits per heavy atom. The van der Waals surface area contributed by atoms with Gasteiger partial charge in [0.15, 0.2) is 0 Å². The zero-order valence-electron chi connectivity index (χ0n) is 7.21. The molecule has 0 radical (unpaired) electrons. The molecule has 0 aliphatic rings. The molecule has 5 heteroatoms. The van der Waals surface area contributed by atoms with Crippen molar-refractivity contribution in [1.82, 2.24) is 0 Å². The summed E-state index contributed by atoms with van der Waals surface area (Å²) in [4.78, 5) is 0. The maximum atomic E-state index is 8.65. The average Bonchev–Trinajstić information content (AvgIpc) is 2.28. The van der Waals surface area contributed by atoms with Crippen LogP contribution < -0.4 is 4.65 Å². The normalized spacial score (nSPS) is 9.21. The van der Waals surface area contributed by atoms with Gasteiger partial charge in [-0.25, -0.2) is 10.5 Å². The second-order valence-corrected chi connectivity index (χ2v) is 2.56. The van der Waals surface area contributed by atoms with Gasteiger partial charge < -0.3 is 16.0 Å². The van der Waals surface area contributed by atoms with Crippen molar-refractivity contribution in [2.75, 3.05) is 0 Å². The van der Waals surface area contributed by atoms with Gasteiger partial charge in [-0.05, 0) is 12.1 Å². The van der Waals surface area contributed by atoms with E-state index in [0.717, 1.165) is 0 Å². The second-order valence-electron chi connectivity index (χ2n) is 2.56. The van der Waals surface area contributed by atoms with E-state index in [4.69, 9.17) is 21.8 Å². The molecule has 0 bridgehead atoms. The summed E-state index contributed by atoms with van der Waals surface area (Å²) in [6.45, 7) is 4.00. The average molecular weight is 182 g/mol. The molecule has 0 aromatic heterocycles. The Morgan fingerprint density at radius 3 is 2.21 bits per heavy atom. The Balaban J connectivity index is 2.96. The van der Waals surface area contributed by atoms with Gasteiger partial charge in [0.1, 0.15) is 0 Å². The molecule has 4 nitrogen and oxygen atoms in total. The van der Waals surface area contributed by atoms with Crippen LogP contribution in [0.4, 0.5) is 0 Å². The SMILES string of the molecule is [C-]#[N+][B-](C#N)(C#N)Oc1ccccc1. The van der Waals surface area contributed by atoms with Crippen LogP contribution in [0.5, 0.6) is 5.75 Å². The molecule has 0 unspecified atom stereocenters. The Labute approximate surface area is 81.7 Å². The number of nitriles is 2. The van der Waals surface area contributed by atoms with Crippen molar-refractivity contribution in [3.8, 4) is 17.7 Å². The van der Waals surface area contributed by atoms with Crippen molar-refractivity contribution >= 4 is 6.48 Å².